The van der Waals surface area contributed by atoms with Crippen molar-refractivity contribution in [3.05, 3.63) is 47.3 Å². The molecular weight excluding hydrogens is 298 g/mol. The van der Waals surface area contributed by atoms with Crippen LogP contribution in [0.1, 0.15) is 49.4 Å². The molecule has 1 aliphatic heterocycles. The number of hydrogen-bond donors (Lipinski definition) is 1. The lowest BCUT2D eigenvalue weighted by Crippen LogP contribution is -2.34. The first kappa shape index (κ1) is 17.0. The monoisotopic (exact) mass is 327 g/mol. The van der Waals surface area contributed by atoms with Crippen molar-refractivity contribution in [3.8, 4) is 5.75 Å². The predicted octanol–water partition coefficient (Wildman–Crippen LogP) is 4.00. The lowest BCUT2D eigenvalue weighted by Gasteiger charge is -2.33. The highest BCUT2D eigenvalue weighted by Crippen LogP contribution is 2.30. The van der Waals surface area contributed by atoms with E-state index in [4.69, 9.17) is 4.74 Å². The fraction of sp³-hybridized carbons (Fsp3) is 0.550. The normalized spacial score (nSPS) is 18.9. The third kappa shape index (κ3) is 3.99. The van der Waals surface area contributed by atoms with Gasteiger partial charge < -0.3 is 4.74 Å². The van der Waals surface area contributed by atoms with E-state index < -0.39 is 0 Å². The molecule has 130 valence electrons. The summed E-state index contributed by atoms with van der Waals surface area (Å²) in [5.74, 6) is 2.21. The van der Waals surface area contributed by atoms with Gasteiger partial charge in [0, 0.05) is 30.3 Å². The molecule has 3 rings (SSSR count). The number of nitrogens with zero attached hydrogens (tertiary/aromatic N) is 2. The Hall–Kier alpha value is -1.81. The number of benzene rings is 1. The van der Waals surface area contributed by atoms with Crippen LogP contribution in [0.2, 0.25) is 0 Å². The zero-order valence-electron chi connectivity index (χ0n) is 15.1. The Morgan fingerprint density at radius 3 is 2.92 bits per heavy atom. The SMILES string of the molecule is COc1ccccc1CN1CCC[C@H](c2[nH]ncc2CC(C)C)C1. The number of nitrogens with one attached hydrogen (secondary N) is 1. The summed E-state index contributed by atoms with van der Waals surface area (Å²) >= 11 is 0. The van der Waals surface area contributed by atoms with E-state index in [1.165, 1.54) is 29.7 Å². The first-order valence-corrected chi connectivity index (χ1v) is 9.03. The Bertz CT molecular complexity index is 650. The first-order valence-electron chi connectivity index (χ1n) is 9.03. The van der Waals surface area contributed by atoms with Gasteiger partial charge in [0.05, 0.1) is 13.3 Å². The summed E-state index contributed by atoms with van der Waals surface area (Å²) in [6.07, 6.45) is 5.61. The van der Waals surface area contributed by atoms with Crippen molar-refractivity contribution >= 4 is 0 Å². The Morgan fingerprint density at radius 2 is 2.12 bits per heavy atom. The van der Waals surface area contributed by atoms with Gasteiger partial charge in [-0.1, -0.05) is 32.0 Å². The van der Waals surface area contributed by atoms with Crippen molar-refractivity contribution in [2.24, 2.45) is 5.92 Å². The maximum Gasteiger partial charge on any atom is 0.123 e. The van der Waals surface area contributed by atoms with Gasteiger partial charge in [0.1, 0.15) is 5.75 Å². The fourth-order valence-electron chi connectivity index (χ4n) is 3.79. The van der Waals surface area contributed by atoms with Crippen molar-refractivity contribution in [2.45, 2.75) is 45.6 Å². The highest BCUT2D eigenvalue weighted by Gasteiger charge is 2.25. The topological polar surface area (TPSA) is 41.1 Å². The molecule has 4 nitrogen and oxygen atoms in total. The van der Waals surface area contributed by atoms with Gasteiger partial charge in [-0.05, 0) is 43.4 Å². The van der Waals surface area contributed by atoms with E-state index in [1.807, 2.05) is 18.3 Å². The lowest BCUT2D eigenvalue weighted by molar-refractivity contribution is 0.196. The second kappa shape index (κ2) is 7.84. The molecule has 0 aliphatic carbocycles. The molecule has 24 heavy (non-hydrogen) atoms. The van der Waals surface area contributed by atoms with Crippen LogP contribution in [-0.2, 0) is 13.0 Å². The van der Waals surface area contributed by atoms with Crippen molar-refractivity contribution in [3.63, 3.8) is 0 Å². The fourth-order valence-corrected chi connectivity index (χ4v) is 3.79. The summed E-state index contributed by atoms with van der Waals surface area (Å²) in [6, 6.07) is 8.34. The molecule has 1 aliphatic rings. The molecule has 1 N–H and O–H groups in total. The van der Waals surface area contributed by atoms with Crippen LogP contribution in [0.3, 0.4) is 0 Å². The van der Waals surface area contributed by atoms with Gasteiger partial charge in [-0.25, -0.2) is 0 Å². The number of hydrogen-bond acceptors (Lipinski definition) is 3. The number of aromatic nitrogens is 2. The number of H-pyrrole nitrogens is 1. The molecule has 1 saturated heterocycles. The maximum absolute atomic E-state index is 5.51. The standard InChI is InChI=1S/C20H29N3O/c1-15(2)11-18-12-21-22-20(18)17-8-6-10-23(14-17)13-16-7-4-5-9-19(16)24-3/h4-5,7,9,12,15,17H,6,8,10-11,13-14H2,1-3H3,(H,21,22)/t17-/m0/s1. The molecule has 4 heteroatoms. The minimum Gasteiger partial charge on any atom is -0.496 e. The third-order valence-electron chi connectivity index (χ3n) is 4.88. The Kier molecular flexibility index (Phi) is 5.56. The molecule has 0 unspecified atom stereocenters. The molecule has 1 aromatic carbocycles. The molecule has 1 atom stereocenters. The van der Waals surface area contributed by atoms with Gasteiger partial charge in [0.25, 0.3) is 0 Å². The zero-order chi connectivity index (χ0) is 16.9. The summed E-state index contributed by atoms with van der Waals surface area (Å²) in [5.41, 5.74) is 4.02. The number of aromatic amines is 1. The quantitative estimate of drug-likeness (QED) is 0.872. The molecule has 1 fully saturated rings. The average Bonchev–Trinajstić information content (AvgIpc) is 3.03. The van der Waals surface area contributed by atoms with Crippen LogP contribution < -0.4 is 4.74 Å². The third-order valence-corrected chi connectivity index (χ3v) is 4.88. The summed E-state index contributed by atoms with van der Waals surface area (Å²) in [7, 11) is 1.75. The first-order chi connectivity index (χ1) is 11.7. The summed E-state index contributed by atoms with van der Waals surface area (Å²) in [6.45, 7) is 7.74. The maximum atomic E-state index is 5.51. The number of ether oxygens (including phenoxy) is 1. The smallest absolute Gasteiger partial charge is 0.123 e. The highest BCUT2D eigenvalue weighted by molar-refractivity contribution is 5.33. The number of likely N-dealkylation sites (tertiary alicyclic amines) is 1. The second-order valence-corrected chi connectivity index (χ2v) is 7.29. The molecular formula is C20H29N3O. The highest BCUT2D eigenvalue weighted by atomic mass is 16.5. The van der Waals surface area contributed by atoms with E-state index in [-0.39, 0.29) is 0 Å². The van der Waals surface area contributed by atoms with Crippen molar-refractivity contribution in [1.29, 1.82) is 0 Å². The minimum atomic E-state index is 0.560. The van der Waals surface area contributed by atoms with Gasteiger partial charge in [-0.3, -0.25) is 10.00 Å². The summed E-state index contributed by atoms with van der Waals surface area (Å²) < 4.78 is 5.51. The van der Waals surface area contributed by atoms with Gasteiger partial charge in [0.15, 0.2) is 0 Å². The molecule has 0 bridgehead atoms. The Morgan fingerprint density at radius 1 is 1.29 bits per heavy atom. The van der Waals surface area contributed by atoms with E-state index in [9.17, 15) is 0 Å². The molecule has 2 aromatic rings. The number of rotatable bonds is 6. The van der Waals surface area contributed by atoms with Crippen LogP contribution in [0.4, 0.5) is 0 Å². The van der Waals surface area contributed by atoms with Crippen LogP contribution in [-0.4, -0.2) is 35.3 Å². The van der Waals surface area contributed by atoms with Gasteiger partial charge in [0.2, 0.25) is 0 Å². The van der Waals surface area contributed by atoms with Crippen LogP contribution in [0.5, 0.6) is 5.75 Å². The van der Waals surface area contributed by atoms with E-state index in [2.05, 4.69) is 41.1 Å². The van der Waals surface area contributed by atoms with Crippen molar-refractivity contribution < 1.29 is 4.74 Å². The largest absolute Gasteiger partial charge is 0.496 e. The number of para-hydroxylation sites is 1. The summed E-state index contributed by atoms with van der Waals surface area (Å²) in [4.78, 5) is 2.55. The van der Waals surface area contributed by atoms with Gasteiger partial charge in [-0.15, -0.1) is 0 Å². The van der Waals surface area contributed by atoms with Gasteiger partial charge in [-0.2, -0.15) is 5.10 Å². The molecule has 0 amide bonds. The van der Waals surface area contributed by atoms with Crippen LogP contribution in [0.25, 0.3) is 0 Å². The van der Waals surface area contributed by atoms with Crippen LogP contribution in [0.15, 0.2) is 30.5 Å². The Balaban J connectivity index is 1.70. The van der Waals surface area contributed by atoms with Crippen LogP contribution >= 0.6 is 0 Å². The second-order valence-electron chi connectivity index (χ2n) is 7.29. The molecule has 2 heterocycles. The molecule has 1 aromatic heterocycles. The Labute approximate surface area is 145 Å². The molecule has 0 spiro atoms. The lowest BCUT2D eigenvalue weighted by atomic mass is 9.90. The molecule has 0 saturated carbocycles. The zero-order valence-corrected chi connectivity index (χ0v) is 15.1. The molecule has 0 radical (unpaired) electrons. The van der Waals surface area contributed by atoms with E-state index in [1.54, 1.807) is 7.11 Å². The minimum absolute atomic E-state index is 0.560. The average molecular weight is 327 g/mol. The van der Waals surface area contributed by atoms with E-state index in [0.29, 0.717) is 11.8 Å². The number of methoxy groups -OCH3 is 1. The van der Waals surface area contributed by atoms with Crippen LogP contribution in [0, 0.1) is 5.92 Å². The predicted molar refractivity (Wildman–Crippen MR) is 97.4 cm³/mol. The van der Waals surface area contributed by atoms with E-state index in [0.717, 1.165) is 31.8 Å². The van der Waals surface area contributed by atoms with E-state index >= 15 is 0 Å². The summed E-state index contributed by atoms with van der Waals surface area (Å²) in [5, 5.41) is 7.61. The van der Waals surface area contributed by atoms with Gasteiger partial charge >= 0.3 is 0 Å². The number of piperidine rings is 1. The van der Waals surface area contributed by atoms with Crippen molar-refractivity contribution in [2.75, 3.05) is 20.2 Å². The van der Waals surface area contributed by atoms with Crippen molar-refractivity contribution in [1.82, 2.24) is 15.1 Å².